The molecule has 0 aromatic heterocycles. The summed E-state index contributed by atoms with van der Waals surface area (Å²) in [5.74, 6) is 1.36. The van der Waals surface area contributed by atoms with E-state index in [0.29, 0.717) is 0 Å². The first-order valence-corrected chi connectivity index (χ1v) is 12.9. The summed E-state index contributed by atoms with van der Waals surface area (Å²) in [5, 5.41) is 3.11. The Hall–Kier alpha value is -1.16. The van der Waals surface area contributed by atoms with Crippen molar-refractivity contribution < 1.29 is 9.28 Å². The van der Waals surface area contributed by atoms with Crippen LogP contribution in [0.4, 0.5) is 0 Å². The highest BCUT2D eigenvalue weighted by Gasteiger charge is 2.41. The molecule has 1 amide bonds. The van der Waals surface area contributed by atoms with E-state index in [2.05, 4.69) is 38.2 Å². The Morgan fingerprint density at radius 3 is 2.10 bits per heavy atom. The van der Waals surface area contributed by atoms with Gasteiger partial charge in [-0.25, -0.2) is 4.99 Å². The molecule has 30 heavy (non-hydrogen) atoms. The lowest BCUT2D eigenvalue weighted by Gasteiger charge is -2.39. The van der Waals surface area contributed by atoms with E-state index in [0.717, 1.165) is 30.5 Å². The van der Waals surface area contributed by atoms with Gasteiger partial charge >= 0.3 is 0 Å². The van der Waals surface area contributed by atoms with Gasteiger partial charge in [0.2, 0.25) is 5.91 Å². The quantitative estimate of drug-likeness (QED) is 0.149. The van der Waals surface area contributed by atoms with Crippen LogP contribution in [-0.2, 0) is 4.79 Å². The van der Waals surface area contributed by atoms with E-state index in [1.165, 1.54) is 89.3 Å². The lowest BCUT2D eigenvalue weighted by molar-refractivity contribution is -0.861. The number of carbonyl (C=O) groups excluding carboxylic acids is 1. The predicted octanol–water partition coefficient (Wildman–Crippen LogP) is 6.75. The van der Waals surface area contributed by atoms with Gasteiger partial charge in [-0.1, -0.05) is 70.4 Å². The fraction of sp³-hybridized carbons (Fsp3) is 0.846. The van der Waals surface area contributed by atoms with E-state index in [1.807, 2.05) is 0 Å². The molecular weight excluding hydrogens is 370 g/mol. The monoisotopic (exact) mass is 420 g/mol. The van der Waals surface area contributed by atoms with Crippen molar-refractivity contribution in [3.63, 3.8) is 0 Å². The summed E-state index contributed by atoms with van der Waals surface area (Å²) in [4.78, 5) is 16.3. The summed E-state index contributed by atoms with van der Waals surface area (Å²) >= 11 is 0. The van der Waals surface area contributed by atoms with E-state index in [-0.39, 0.29) is 12.1 Å². The number of hydrogen-bond donors (Lipinski definition) is 1. The minimum atomic E-state index is 0.0581. The van der Waals surface area contributed by atoms with Crippen LogP contribution < -0.4 is 5.32 Å². The van der Waals surface area contributed by atoms with Crippen molar-refractivity contribution in [2.45, 2.75) is 124 Å². The highest BCUT2D eigenvalue weighted by Crippen LogP contribution is 2.23. The summed E-state index contributed by atoms with van der Waals surface area (Å²) in [6.07, 6.45) is 23.3. The first-order chi connectivity index (χ1) is 14.6. The Kier molecular flexibility index (Phi) is 14.8. The van der Waals surface area contributed by atoms with Gasteiger partial charge in [-0.2, -0.15) is 0 Å². The van der Waals surface area contributed by atoms with E-state index in [4.69, 9.17) is 4.99 Å². The third-order valence-corrected chi connectivity index (χ3v) is 6.69. The molecule has 0 fully saturated rings. The second kappa shape index (κ2) is 16.5. The number of rotatable bonds is 18. The molecule has 1 aliphatic rings. The third kappa shape index (κ3) is 10.2. The van der Waals surface area contributed by atoms with E-state index < -0.39 is 0 Å². The fourth-order valence-electron chi connectivity index (χ4n) is 4.73. The molecule has 2 unspecified atom stereocenters. The average Bonchev–Trinajstić information content (AvgIpc) is 3.14. The Bertz CT molecular complexity index is 514. The molecule has 4 heteroatoms. The summed E-state index contributed by atoms with van der Waals surface area (Å²) < 4.78 is 0.854. The molecule has 2 atom stereocenters. The molecular formula is C26H50N3O+. The van der Waals surface area contributed by atoms with Crippen LogP contribution in [-0.4, -0.2) is 42.0 Å². The van der Waals surface area contributed by atoms with E-state index >= 15 is 0 Å². The van der Waals surface area contributed by atoms with Gasteiger partial charge in [0.25, 0.3) is 0 Å². The van der Waals surface area contributed by atoms with Crippen LogP contribution >= 0.6 is 0 Å². The Morgan fingerprint density at radius 2 is 1.53 bits per heavy atom. The topological polar surface area (TPSA) is 41.5 Å². The summed E-state index contributed by atoms with van der Waals surface area (Å²) in [6.45, 7) is 11.2. The third-order valence-electron chi connectivity index (χ3n) is 6.69. The van der Waals surface area contributed by atoms with Gasteiger partial charge < -0.3 is 5.32 Å². The maximum absolute atomic E-state index is 11.5. The molecule has 0 saturated carbocycles. The number of unbranched alkanes of at least 4 members (excludes halogenated alkanes) is 11. The van der Waals surface area contributed by atoms with Gasteiger partial charge in [0.05, 0.1) is 13.1 Å². The molecule has 0 radical (unpaired) electrons. The van der Waals surface area contributed by atoms with Crippen molar-refractivity contribution in [1.29, 1.82) is 0 Å². The van der Waals surface area contributed by atoms with Crippen LogP contribution in [0.5, 0.6) is 0 Å². The summed E-state index contributed by atoms with van der Waals surface area (Å²) in [7, 11) is 0. The second-order valence-electron chi connectivity index (χ2n) is 9.08. The molecule has 1 heterocycles. The molecule has 0 aromatic carbocycles. The number of quaternary nitrogens is 1. The SMILES string of the molecule is CCCCC/C=C/CCCCCCCCCCC1=NCC[N+]1(CC)C(C)NC(C)=O. The summed E-state index contributed by atoms with van der Waals surface area (Å²) in [5.41, 5.74) is 0. The predicted molar refractivity (Wildman–Crippen MR) is 131 cm³/mol. The lowest BCUT2D eigenvalue weighted by atomic mass is 10.1. The fourth-order valence-corrected chi connectivity index (χ4v) is 4.73. The van der Waals surface area contributed by atoms with Crippen LogP contribution in [0.2, 0.25) is 0 Å². The number of hydrogen-bond acceptors (Lipinski definition) is 2. The van der Waals surface area contributed by atoms with Crippen molar-refractivity contribution >= 4 is 11.7 Å². The van der Waals surface area contributed by atoms with Gasteiger partial charge in [-0.15, -0.1) is 0 Å². The van der Waals surface area contributed by atoms with Crippen molar-refractivity contribution in [3.05, 3.63) is 12.2 Å². The van der Waals surface area contributed by atoms with Gasteiger partial charge in [-0.05, 0) is 39.0 Å². The van der Waals surface area contributed by atoms with Crippen molar-refractivity contribution in [2.24, 2.45) is 4.99 Å². The minimum absolute atomic E-state index is 0.0581. The standard InChI is InChI=1S/C26H49N3O/c1-5-7-8-9-10-11-12-13-14-15-16-17-18-19-20-21-26-27-22-23-29(26,6-2)24(3)28-25(4)30/h10-11,24H,5-9,12-23H2,1-4H3/p+1/b11-10+. The maximum atomic E-state index is 11.5. The highest BCUT2D eigenvalue weighted by atomic mass is 16.1. The first kappa shape index (κ1) is 26.9. The van der Waals surface area contributed by atoms with Gasteiger partial charge in [0, 0.05) is 20.3 Å². The van der Waals surface area contributed by atoms with Crippen LogP contribution in [0.25, 0.3) is 0 Å². The molecule has 0 aliphatic carbocycles. The number of likely N-dealkylation sites (N-methyl/N-ethyl adjacent to an activating group) is 1. The lowest BCUT2D eigenvalue weighted by Crippen LogP contribution is -2.62. The van der Waals surface area contributed by atoms with Gasteiger partial charge in [0.1, 0.15) is 6.54 Å². The minimum Gasteiger partial charge on any atom is -0.307 e. The average molecular weight is 421 g/mol. The zero-order valence-electron chi connectivity index (χ0n) is 20.6. The molecule has 4 nitrogen and oxygen atoms in total. The first-order valence-electron chi connectivity index (χ1n) is 12.9. The van der Waals surface area contributed by atoms with Crippen LogP contribution in [0.3, 0.4) is 0 Å². The number of nitrogens with zero attached hydrogens (tertiary/aromatic N) is 2. The Morgan fingerprint density at radius 1 is 0.967 bits per heavy atom. The van der Waals surface area contributed by atoms with Gasteiger partial charge in [0.15, 0.2) is 12.0 Å². The Balaban J connectivity index is 2.06. The number of allylic oxidation sites excluding steroid dienone is 2. The van der Waals surface area contributed by atoms with E-state index in [9.17, 15) is 4.79 Å². The maximum Gasteiger partial charge on any atom is 0.221 e. The molecule has 0 bridgehead atoms. The smallest absolute Gasteiger partial charge is 0.221 e. The van der Waals surface area contributed by atoms with Crippen molar-refractivity contribution in [2.75, 3.05) is 19.6 Å². The normalized spacial score (nSPS) is 19.9. The molecule has 1 rings (SSSR count). The number of nitrogens with one attached hydrogen (secondary N) is 1. The molecule has 0 aromatic rings. The Labute approximate surface area is 187 Å². The zero-order valence-corrected chi connectivity index (χ0v) is 20.6. The number of carbonyl (C=O) groups is 1. The second-order valence-corrected chi connectivity index (χ2v) is 9.08. The van der Waals surface area contributed by atoms with Gasteiger partial charge in [-0.3, -0.25) is 9.28 Å². The van der Waals surface area contributed by atoms with Crippen LogP contribution in [0, 0.1) is 0 Å². The number of aliphatic imine (C=N–C) groups is 1. The molecule has 0 spiro atoms. The number of amides is 1. The zero-order chi connectivity index (χ0) is 22.1. The molecule has 174 valence electrons. The van der Waals surface area contributed by atoms with Crippen molar-refractivity contribution in [1.82, 2.24) is 5.32 Å². The van der Waals surface area contributed by atoms with Crippen LogP contribution in [0.15, 0.2) is 17.1 Å². The molecule has 1 N–H and O–H groups in total. The molecule has 1 aliphatic heterocycles. The van der Waals surface area contributed by atoms with E-state index in [1.54, 1.807) is 6.92 Å². The summed E-state index contributed by atoms with van der Waals surface area (Å²) in [6, 6.07) is 0. The van der Waals surface area contributed by atoms with Crippen molar-refractivity contribution in [3.8, 4) is 0 Å². The largest absolute Gasteiger partial charge is 0.307 e. The van der Waals surface area contributed by atoms with Crippen LogP contribution in [0.1, 0.15) is 118 Å². The highest BCUT2D eigenvalue weighted by molar-refractivity contribution is 5.78. The number of amidine groups is 1. The molecule has 0 saturated heterocycles.